The second-order valence-electron chi connectivity index (χ2n) is 8.79. The summed E-state index contributed by atoms with van der Waals surface area (Å²) in [5.41, 5.74) is 5.07. The number of aromatic nitrogens is 1. The number of esters is 1. The monoisotopic (exact) mass is 747 g/mol. The molecule has 0 aliphatic heterocycles. The van der Waals surface area contributed by atoms with Gasteiger partial charge in [0.25, 0.3) is 5.91 Å². The summed E-state index contributed by atoms with van der Waals surface area (Å²) in [5, 5.41) is 5.95. The molecule has 12 heteroatoms. The minimum absolute atomic E-state index is 0.180. The minimum atomic E-state index is -0.603. The van der Waals surface area contributed by atoms with Crippen LogP contribution < -0.4 is 14.9 Å². The number of methoxy groups -OCH3 is 1. The van der Waals surface area contributed by atoms with Crippen LogP contribution in [-0.2, 0) is 0 Å². The van der Waals surface area contributed by atoms with E-state index in [9.17, 15) is 9.59 Å². The number of halogens is 5. The first-order chi connectivity index (χ1) is 20.2. The Bertz CT molecular complexity index is 1890. The summed E-state index contributed by atoms with van der Waals surface area (Å²) >= 11 is 26.1. The number of hydrogen-bond donors (Lipinski definition) is 2. The molecule has 42 heavy (non-hydrogen) atoms. The van der Waals surface area contributed by atoms with E-state index in [4.69, 9.17) is 44.3 Å². The number of H-pyrrole nitrogens is 1. The molecule has 0 spiro atoms. The average molecular weight is 751 g/mol. The first-order valence-electron chi connectivity index (χ1n) is 12.1. The van der Waals surface area contributed by atoms with Gasteiger partial charge in [-0.15, -0.1) is 0 Å². The molecule has 0 unspecified atom stereocenters. The van der Waals surface area contributed by atoms with Crippen molar-refractivity contribution in [2.45, 2.75) is 0 Å². The SMILES string of the molecule is COc1cccc(C(=O)Oc2c(Br)cc(Br)cc2C=NNC(=O)c2[nH]c3c(Cl)cc(Cl)cc3c2-c2ccccc2Cl)c1. The van der Waals surface area contributed by atoms with Gasteiger partial charge in [0.15, 0.2) is 5.75 Å². The molecular formula is C30H18Br2Cl3N3O4. The van der Waals surface area contributed by atoms with Crippen LogP contribution in [0, 0.1) is 0 Å². The van der Waals surface area contributed by atoms with Gasteiger partial charge in [0.1, 0.15) is 11.4 Å². The largest absolute Gasteiger partial charge is 0.497 e. The van der Waals surface area contributed by atoms with E-state index < -0.39 is 11.9 Å². The highest BCUT2D eigenvalue weighted by molar-refractivity contribution is 9.11. The number of carbonyl (C=O) groups excluding carboxylic acids is 2. The zero-order valence-corrected chi connectivity index (χ0v) is 26.9. The molecule has 2 N–H and O–H groups in total. The number of nitrogens with one attached hydrogen (secondary N) is 2. The number of fused-ring (bicyclic) bond motifs is 1. The lowest BCUT2D eigenvalue weighted by molar-refractivity contribution is 0.0732. The molecule has 0 aliphatic rings. The number of ether oxygens (including phenoxy) is 2. The van der Waals surface area contributed by atoms with Gasteiger partial charge in [0.05, 0.1) is 33.9 Å². The normalized spacial score (nSPS) is 11.2. The fourth-order valence-electron chi connectivity index (χ4n) is 4.24. The number of nitrogens with zero attached hydrogens (tertiary/aromatic N) is 1. The lowest BCUT2D eigenvalue weighted by Crippen LogP contribution is -2.19. The second-order valence-corrected chi connectivity index (χ2v) is 11.8. The Labute approximate surface area is 272 Å². The predicted octanol–water partition coefficient (Wildman–Crippen LogP) is 9.31. The Morgan fingerprint density at radius 3 is 2.50 bits per heavy atom. The number of rotatable bonds is 7. The summed E-state index contributed by atoms with van der Waals surface area (Å²) in [6, 6.07) is 20.4. The fraction of sp³-hybridized carbons (Fsp3) is 0.0333. The molecular weight excluding hydrogens is 733 g/mol. The molecule has 0 atom stereocenters. The van der Waals surface area contributed by atoms with E-state index >= 15 is 0 Å². The molecule has 1 aromatic heterocycles. The molecule has 5 rings (SSSR count). The van der Waals surface area contributed by atoms with Crippen LogP contribution in [-0.4, -0.2) is 30.2 Å². The quantitative estimate of drug-likeness (QED) is 0.0751. The van der Waals surface area contributed by atoms with Gasteiger partial charge in [-0.05, 0) is 64.5 Å². The van der Waals surface area contributed by atoms with E-state index in [1.807, 2.05) is 6.07 Å². The van der Waals surface area contributed by atoms with Gasteiger partial charge in [0.2, 0.25) is 0 Å². The van der Waals surface area contributed by atoms with Crippen LogP contribution in [0.1, 0.15) is 26.4 Å². The smallest absolute Gasteiger partial charge is 0.343 e. The van der Waals surface area contributed by atoms with Crippen molar-refractivity contribution in [3.05, 3.63) is 114 Å². The van der Waals surface area contributed by atoms with E-state index in [0.717, 1.165) is 0 Å². The lowest BCUT2D eigenvalue weighted by Gasteiger charge is -2.11. The standard InChI is InChI=1S/C30H18Br2Cl3N3O4/c1-41-19-6-4-5-15(10-19)30(40)42-28-16(9-17(31)11-22(28)32)14-36-38-29(39)27-25(20-7-2-3-8-23(20)34)21-12-18(33)13-24(35)26(21)37-27/h2-14,37H,1H3,(H,38,39). The number of aromatic amines is 1. The topological polar surface area (TPSA) is 92.8 Å². The summed E-state index contributed by atoms with van der Waals surface area (Å²) in [5.74, 6) is -0.449. The van der Waals surface area contributed by atoms with Crippen LogP contribution >= 0.6 is 66.7 Å². The molecule has 5 aromatic rings. The Hall–Kier alpha value is -3.34. The molecule has 212 valence electrons. The van der Waals surface area contributed by atoms with Gasteiger partial charge in [-0.1, -0.05) is 75.0 Å². The Morgan fingerprint density at radius 2 is 1.74 bits per heavy atom. The Balaban J connectivity index is 1.47. The van der Waals surface area contributed by atoms with Crippen molar-refractivity contribution in [2.24, 2.45) is 5.10 Å². The van der Waals surface area contributed by atoms with E-state index in [1.54, 1.807) is 66.7 Å². The number of hydrazone groups is 1. The van der Waals surface area contributed by atoms with Crippen molar-refractivity contribution in [3.63, 3.8) is 0 Å². The van der Waals surface area contributed by atoms with Crippen molar-refractivity contribution < 1.29 is 19.1 Å². The number of amides is 1. The molecule has 0 saturated carbocycles. The van der Waals surface area contributed by atoms with Crippen LogP contribution in [0.25, 0.3) is 22.0 Å². The van der Waals surface area contributed by atoms with E-state index in [2.05, 4.69) is 47.4 Å². The highest BCUT2D eigenvalue weighted by Crippen LogP contribution is 2.40. The second kappa shape index (κ2) is 12.9. The van der Waals surface area contributed by atoms with Crippen molar-refractivity contribution in [1.29, 1.82) is 0 Å². The molecule has 1 heterocycles. The van der Waals surface area contributed by atoms with E-state index in [0.29, 0.717) is 62.9 Å². The average Bonchev–Trinajstić information content (AvgIpc) is 3.34. The zero-order chi connectivity index (χ0) is 30.0. The summed E-state index contributed by atoms with van der Waals surface area (Å²) in [6.07, 6.45) is 1.36. The Kier molecular flexibility index (Phi) is 9.25. The molecule has 0 fully saturated rings. The van der Waals surface area contributed by atoms with E-state index in [-0.39, 0.29) is 11.4 Å². The van der Waals surface area contributed by atoms with Gasteiger partial charge in [0, 0.05) is 36.6 Å². The van der Waals surface area contributed by atoms with E-state index in [1.165, 1.54) is 13.3 Å². The van der Waals surface area contributed by atoms with Crippen molar-refractivity contribution in [2.75, 3.05) is 7.11 Å². The molecule has 0 aliphatic carbocycles. The maximum absolute atomic E-state index is 13.5. The maximum atomic E-state index is 13.5. The first kappa shape index (κ1) is 30.1. The molecule has 0 radical (unpaired) electrons. The van der Waals surface area contributed by atoms with Gasteiger partial charge in [-0.2, -0.15) is 5.10 Å². The predicted molar refractivity (Wildman–Crippen MR) is 174 cm³/mol. The molecule has 0 saturated heterocycles. The summed E-state index contributed by atoms with van der Waals surface area (Å²) < 4.78 is 12.1. The summed E-state index contributed by atoms with van der Waals surface area (Å²) in [4.78, 5) is 29.5. The number of benzene rings is 4. The Morgan fingerprint density at radius 1 is 0.952 bits per heavy atom. The van der Waals surface area contributed by atoms with Crippen LogP contribution in [0.3, 0.4) is 0 Å². The first-order valence-corrected chi connectivity index (χ1v) is 14.8. The van der Waals surface area contributed by atoms with Crippen LogP contribution in [0.5, 0.6) is 11.5 Å². The van der Waals surface area contributed by atoms with Gasteiger partial charge in [-0.3, -0.25) is 4.79 Å². The lowest BCUT2D eigenvalue weighted by atomic mass is 10.0. The third-order valence-corrected chi connectivity index (χ3v) is 7.99. The van der Waals surface area contributed by atoms with Gasteiger partial charge < -0.3 is 14.5 Å². The van der Waals surface area contributed by atoms with Crippen molar-refractivity contribution in [1.82, 2.24) is 10.4 Å². The fourth-order valence-corrected chi connectivity index (χ4v) is 6.35. The summed E-state index contributed by atoms with van der Waals surface area (Å²) in [6.45, 7) is 0. The van der Waals surface area contributed by atoms with Crippen LogP contribution in [0.15, 0.2) is 86.8 Å². The third kappa shape index (κ3) is 6.35. The molecule has 7 nitrogen and oxygen atoms in total. The van der Waals surface area contributed by atoms with Crippen LogP contribution in [0.4, 0.5) is 0 Å². The van der Waals surface area contributed by atoms with Crippen LogP contribution in [0.2, 0.25) is 15.1 Å². The highest BCUT2D eigenvalue weighted by atomic mass is 79.9. The molecule has 1 amide bonds. The van der Waals surface area contributed by atoms with Crippen molar-refractivity contribution in [3.8, 4) is 22.6 Å². The third-order valence-electron chi connectivity index (χ3n) is 6.10. The highest BCUT2D eigenvalue weighted by Gasteiger charge is 2.23. The van der Waals surface area contributed by atoms with Crippen molar-refractivity contribution >= 4 is 95.7 Å². The minimum Gasteiger partial charge on any atom is -0.497 e. The zero-order valence-electron chi connectivity index (χ0n) is 21.5. The van der Waals surface area contributed by atoms with Gasteiger partial charge >= 0.3 is 5.97 Å². The summed E-state index contributed by atoms with van der Waals surface area (Å²) in [7, 11) is 1.51. The van der Waals surface area contributed by atoms with Gasteiger partial charge in [-0.25, -0.2) is 10.2 Å². The number of carbonyl (C=O) groups is 2. The molecule has 0 bridgehead atoms. The number of hydrogen-bond acceptors (Lipinski definition) is 5. The molecule has 4 aromatic carbocycles. The maximum Gasteiger partial charge on any atom is 0.343 e.